The van der Waals surface area contributed by atoms with E-state index < -0.39 is 0 Å². The second kappa shape index (κ2) is 8.25. The maximum absolute atomic E-state index is 12.7. The third-order valence-corrected chi connectivity index (χ3v) is 5.05. The number of aromatic nitrogens is 2. The maximum atomic E-state index is 12.7. The lowest BCUT2D eigenvalue weighted by Gasteiger charge is -2.31. The van der Waals surface area contributed by atoms with Crippen LogP contribution in [0, 0.1) is 0 Å². The van der Waals surface area contributed by atoms with Gasteiger partial charge in [-0.05, 0) is 42.7 Å². The number of methoxy groups -OCH3 is 1. The Morgan fingerprint density at radius 2 is 2.07 bits per heavy atom. The van der Waals surface area contributed by atoms with E-state index in [1.165, 1.54) is 0 Å². The lowest BCUT2D eigenvalue weighted by atomic mass is 9.97. The summed E-state index contributed by atoms with van der Waals surface area (Å²) in [5.74, 6) is 2.46. The minimum atomic E-state index is -0.0321. The number of oxazole rings is 1. The van der Waals surface area contributed by atoms with Crippen molar-refractivity contribution in [2.75, 3.05) is 20.2 Å². The van der Waals surface area contributed by atoms with Crippen LogP contribution >= 0.6 is 0 Å². The molecule has 6 nitrogen and oxygen atoms in total. The SMILES string of the molecule is COc1ccc(Cc2cnc(C3CCCN(C(=O)c4ccccn4)C3)o2)cc1. The summed E-state index contributed by atoms with van der Waals surface area (Å²) in [4.78, 5) is 23.2. The van der Waals surface area contributed by atoms with E-state index in [0.717, 1.165) is 36.5 Å². The zero-order chi connectivity index (χ0) is 19.3. The van der Waals surface area contributed by atoms with Gasteiger partial charge in [0.05, 0.1) is 19.2 Å². The fourth-order valence-corrected chi connectivity index (χ4v) is 3.55. The Bertz CT molecular complexity index is 922. The molecule has 1 aliphatic rings. The highest BCUT2D eigenvalue weighted by Gasteiger charge is 2.28. The molecule has 0 saturated carbocycles. The Hall–Kier alpha value is -3.15. The summed E-state index contributed by atoms with van der Waals surface area (Å²) in [5.41, 5.74) is 1.62. The van der Waals surface area contributed by atoms with Gasteiger partial charge in [-0.1, -0.05) is 18.2 Å². The second-order valence-corrected chi connectivity index (χ2v) is 6.99. The van der Waals surface area contributed by atoms with Crippen molar-refractivity contribution in [1.82, 2.24) is 14.9 Å². The van der Waals surface area contributed by atoms with Gasteiger partial charge in [-0.25, -0.2) is 4.98 Å². The summed E-state index contributed by atoms with van der Waals surface area (Å²) in [6.45, 7) is 1.35. The number of piperidine rings is 1. The minimum absolute atomic E-state index is 0.0321. The average Bonchev–Trinajstić information content (AvgIpc) is 3.23. The summed E-state index contributed by atoms with van der Waals surface area (Å²) < 4.78 is 11.2. The number of amides is 1. The summed E-state index contributed by atoms with van der Waals surface area (Å²) in [6, 6.07) is 13.3. The summed E-state index contributed by atoms with van der Waals surface area (Å²) in [7, 11) is 1.66. The number of carbonyl (C=O) groups is 1. The van der Waals surface area contributed by atoms with Crippen molar-refractivity contribution in [2.24, 2.45) is 0 Å². The zero-order valence-corrected chi connectivity index (χ0v) is 15.9. The maximum Gasteiger partial charge on any atom is 0.272 e. The third-order valence-electron chi connectivity index (χ3n) is 5.05. The van der Waals surface area contributed by atoms with Gasteiger partial charge < -0.3 is 14.1 Å². The van der Waals surface area contributed by atoms with E-state index in [1.54, 1.807) is 25.6 Å². The van der Waals surface area contributed by atoms with Gasteiger partial charge in [-0.15, -0.1) is 0 Å². The minimum Gasteiger partial charge on any atom is -0.497 e. The van der Waals surface area contributed by atoms with Crippen LogP contribution in [0.3, 0.4) is 0 Å². The summed E-state index contributed by atoms with van der Waals surface area (Å²) in [6.07, 6.45) is 6.02. The fourth-order valence-electron chi connectivity index (χ4n) is 3.55. The molecule has 1 amide bonds. The van der Waals surface area contributed by atoms with Crippen LogP contribution in [0.5, 0.6) is 5.75 Å². The number of pyridine rings is 1. The van der Waals surface area contributed by atoms with E-state index in [9.17, 15) is 4.79 Å². The smallest absolute Gasteiger partial charge is 0.272 e. The molecule has 1 unspecified atom stereocenters. The zero-order valence-electron chi connectivity index (χ0n) is 15.9. The highest BCUT2D eigenvalue weighted by Crippen LogP contribution is 2.28. The quantitative estimate of drug-likeness (QED) is 0.678. The lowest BCUT2D eigenvalue weighted by molar-refractivity contribution is 0.0692. The van der Waals surface area contributed by atoms with Gasteiger partial charge in [0, 0.05) is 25.7 Å². The molecule has 1 fully saturated rings. The number of hydrogen-bond donors (Lipinski definition) is 0. The number of likely N-dealkylation sites (tertiary alicyclic amines) is 1. The first-order valence-corrected chi connectivity index (χ1v) is 9.51. The normalized spacial score (nSPS) is 16.8. The van der Waals surface area contributed by atoms with Crippen molar-refractivity contribution in [3.63, 3.8) is 0 Å². The summed E-state index contributed by atoms with van der Waals surface area (Å²) >= 11 is 0. The van der Waals surface area contributed by atoms with E-state index in [-0.39, 0.29) is 11.8 Å². The van der Waals surface area contributed by atoms with E-state index in [1.807, 2.05) is 41.3 Å². The molecule has 1 saturated heterocycles. The molecule has 28 heavy (non-hydrogen) atoms. The molecular formula is C22H23N3O3. The molecule has 1 aromatic carbocycles. The highest BCUT2D eigenvalue weighted by molar-refractivity contribution is 5.92. The van der Waals surface area contributed by atoms with Crippen molar-refractivity contribution in [1.29, 1.82) is 0 Å². The standard InChI is InChI=1S/C22H23N3O3/c1-27-18-9-7-16(8-10-18)13-19-14-24-21(28-19)17-5-4-12-25(15-17)22(26)20-6-2-3-11-23-20/h2-3,6-11,14,17H,4-5,12-13,15H2,1H3. The van der Waals surface area contributed by atoms with Gasteiger partial charge in [0.1, 0.15) is 17.2 Å². The molecule has 0 aliphatic carbocycles. The number of carbonyl (C=O) groups excluding carboxylic acids is 1. The number of hydrogen-bond acceptors (Lipinski definition) is 5. The van der Waals surface area contributed by atoms with E-state index >= 15 is 0 Å². The highest BCUT2D eigenvalue weighted by atomic mass is 16.5. The lowest BCUT2D eigenvalue weighted by Crippen LogP contribution is -2.39. The molecular weight excluding hydrogens is 354 g/mol. The molecule has 0 N–H and O–H groups in total. The van der Waals surface area contributed by atoms with Crippen LogP contribution in [0.15, 0.2) is 59.3 Å². The monoisotopic (exact) mass is 377 g/mol. The number of ether oxygens (including phenoxy) is 1. The van der Waals surface area contributed by atoms with Crippen LogP contribution in [0.25, 0.3) is 0 Å². The molecule has 0 bridgehead atoms. The molecule has 6 heteroatoms. The number of benzene rings is 1. The Morgan fingerprint density at radius 1 is 1.21 bits per heavy atom. The van der Waals surface area contributed by atoms with Crippen molar-refractivity contribution in [3.8, 4) is 5.75 Å². The van der Waals surface area contributed by atoms with Gasteiger partial charge in [-0.3, -0.25) is 9.78 Å². The van der Waals surface area contributed by atoms with Crippen LogP contribution in [-0.4, -0.2) is 41.0 Å². The fraction of sp³-hybridized carbons (Fsp3) is 0.318. The molecule has 3 aromatic rings. The second-order valence-electron chi connectivity index (χ2n) is 6.99. The van der Waals surface area contributed by atoms with Crippen molar-refractivity contribution < 1.29 is 13.9 Å². The van der Waals surface area contributed by atoms with Crippen LogP contribution in [-0.2, 0) is 6.42 Å². The van der Waals surface area contributed by atoms with E-state index in [2.05, 4.69) is 9.97 Å². The molecule has 1 atom stereocenters. The molecule has 0 radical (unpaired) electrons. The summed E-state index contributed by atoms with van der Waals surface area (Å²) in [5, 5.41) is 0. The van der Waals surface area contributed by atoms with Gasteiger partial charge in [-0.2, -0.15) is 0 Å². The first kappa shape index (κ1) is 18.2. The average molecular weight is 377 g/mol. The molecule has 3 heterocycles. The van der Waals surface area contributed by atoms with Crippen molar-refractivity contribution in [3.05, 3.63) is 77.8 Å². The molecule has 2 aromatic heterocycles. The Labute approximate surface area is 164 Å². The Morgan fingerprint density at radius 3 is 2.82 bits per heavy atom. The van der Waals surface area contributed by atoms with Gasteiger partial charge in [0.15, 0.2) is 5.89 Å². The molecule has 144 valence electrons. The predicted molar refractivity (Wildman–Crippen MR) is 104 cm³/mol. The van der Waals surface area contributed by atoms with Crippen LogP contribution in [0.2, 0.25) is 0 Å². The van der Waals surface area contributed by atoms with E-state index in [0.29, 0.717) is 24.6 Å². The third kappa shape index (κ3) is 4.06. The predicted octanol–water partition coefficient (Wildman–Crippen LogP) is 3.69. The van der Waals surface area contributed by atoms with Crippen LogP contribution < -0.4 is 4.74 Å². The van der Waals surface area contributed by atoms with Gasteiger partial charge in [0.2, 0.25) is 0 Å². The molecule has 0 spiro atoms. The largest absolute Gasteiger partial charge is 0.497 e. The van der Waals surface area contributed by atoms with Crippen molar-refractivity contribution >= 4 is 5.91 Å². The van der Waals surface area contributed by atoms with Gasteiger partial charge >= 0.3 is 0 Å². The van der Waals surface area contributed by atoms with Gasteiger partial charge in [0.25, 0.3) is 5.91 Å². The van der Waals surface area contributed by atoms with Crippen LogP contribution in [0.1, 0.15) is 46.5 Å². The Balaban J connectivity index is 1.42. The van der Waals surface area contributed by atoms with E-state index in [4.69, 9.17) is 9.15 Å². The number of rotatable bonds is 5. The first-order chi connectivity index (χ1) is 13.7. The topological polar surface area (TPSA) is 68.5 Å². The molecule has 4 rings (SSSR count). The Kier molecular flexibility index (Phi) is 5.37. The van der Waals surface area contributed by atoms with Crippen LogP contribution in [0.4, 0.5) is 0 Å². The first-order valence-electron chi connectivity index (χ1n) is 9.51. The number of nitrogens with zero attached hydrogens (tertiary/aromatic N) is 3. The molecule has 1 aliphatic heterocycles. The van der Waals surface area contributed by atoms with Crippen molar-refractivity contribution in [2.45, 2.75) is 25.2 Å².